The van der Waals surface area contributed by atoms with E-state index in [0.717, 1.165) is 12.1 Å². The first-order valence-electron chi connectivity index (χ1n) is 9.24. The van der Waals surface area contributed by atoms with Crippen LogP contribution in [0.15, 0.2) is 75.9 Å². The minimum absolute atomic E-state index is 0.0725. The minimum atomic E-state index is -4.48. The maximum atomic E-state index is 12.8. The first kappa shape index (κ1) is 21.0. The summed E-state index contributed by atoms with van der Waals surface area (Å²) in [6.45, 7) is 0. The van der Waals surface area contributed by atoms with Crippen molar-refractivity contribution in [1.82, 2.24) is 0 Å². The molecule has 6 nitrogen and oxygen atoms in total. The molecule has 4 rings (SSSR count). The van der Waals surface area contributed by atoms with Gasteiger partial charge in [0.05, 0.1) is 16.5 Å². The van der Waals surface area contributed by atoms with Crippen LogP contribution in [-0.4, -0.2) is 5.97 Å². The maximum absolute atomic E-state index is 12.8. The number of alkyl halides is 3. The summed E-state index contributed by atoms with van der Waals surface area (Å²) in [6.07, 6.45) is -4.48. The Balaban J connectivity index is 1.67. The molecule has 3 aromatic carbocycles. The van der Waals surface area contributed by atoms with Gasteiger partial charge in [-0.3, -0.25) is 4.79 Å². The fourth-order valence-electron chi connectivity index (χ4n) is 3.13. The summed E-state index contributed by atoms with van der Waals surface area (Å²) in [7, 11) is 0. The van der Waals surface area contributed by atoms with E-state index < -0.39 is 23.1 Å². The Morgan fingerprint density at radius 2 is 1.53 bits per heavy atom. The Hall–Kier alpha value is -4.27. The molecule has 0 aliphatic rings. The Morgan fingerprint density at radius 3 is 2.16 bits per heavy atom. The zero-order valence-electron chi connectivity index (χ0n) is 16.3. The molecule has 1 aromatic heterocycles. The zero-order chi connectivity index (χ0) is 23.0. The van der Waals surface area contributed by atoms with Gasteiger partial charge in [0.25, 0.3) is 0 Å². The van der Waals surface area contributed by atoms with E-state index >= 15 is 0 Å². The van der Waals surface area contributed by atoms with E-state index in [4.69, 9.17) is 20.6 Å². The van der Waals surface area contributed by atoms with E-state index in [0.29, 0.717) is 11.4 Å². The van der Waals surface area contributed by atoms with Crippen LogP contribution in [0.2, 0.25) is 0 Å². The zero-order valence-corrected chi connectivity index (χ0v) is 16.3. The highest BCUT2D eigenvalue weighted by atomic mass is 19.4. The van der Waals surface area contributed by atoms with Gasteiger partial charge in [0, 0.05) is 29.1 Å². The molecule has 1 heterocycles. The van der Waals surface area contributed by atoms with Gasteiger partial charge in [0.2, 0.25) is 0 Å². The minimum Gasteiger partial charge on any atom is -0.456 e. The summed E-state index contributed by atoms with van der Waals surface area (Å²) in [5.74, 6) is -0.552. The van der Waals surface area contributed by atoms with Crippen molar-refractivity contribution in [1.29, 1.82) is 0 Å². The molecular formula is C23H15F3N2O4. The number of fused-ring (bicyclic) bond motifs is 1. The molecule has 4 aromatic rings. The Morgan fingerprint density at radius 1 is 0.875 bits per heavy atom. The lowest BCUT2D eigenvalue weighted by Gasteiger charge is -2.09. The van der Waals surface area contributed by atoms with Crippen LogP contribution in [0.4, 0.5) is 24.5 Å². The number of carbonyl (C=O) groups is 1. The third kappa shape index (κ3) is 4.27. The average Bonchev–Trinajstić information content (AvgIpc) is 2.72. The van der Waals surface area contributed by atoms with Crippen molar-refractivity contribution in [2.45, 2.75) is 6.18 Å². The van der Waals surface area contributed by atoms with Gasteiger partial charge in [-0.2, -0.15) is 13.2 Å². The number of rotatable bonds is 3. The number of carbonyl (C=O) groups excluding carboxylic acids is 1. The second-order valence-electron chi connectivity index (χ2n) is 6.99. The van der Waals surface area contributed by atoms with E-state index in [-0.39, 0.29) is 33.6 Å². The molecule has 0 atom stereocenters. The fourth-order valence-corrected chi connectivity index (χ4v) is 3.13. The van der Waals surface area contributed by atoms with Gasteiger partial charge >= 0.3 is 12.1 Å². The van der Waals surface area contributed by atoms with E-state index in [1.165, 1.54) is 54.6 Å². The van der Waals surface area contributed by atoms with Crippen molar-refractivity contribution < 1.29 is 27.1 Å². The van der Waals surface area contributed by atoms with Crippen LogP contribution in [0, 0.1) is 0 Å². The number of hydrogen-bond donors (Lipinski definition) is 2. The average molecular weight is 440 g/mol. The van der Waals surface area contributed by atoms with Crippen LogP contribution in [0.3, 0.4) is 0 Å². The summed E-state index contributed by atoms with van der Waals surface area (Å²) in [5.41, 5.74) is 11.3. The normalized spacial score (nSPS) is 11.5. The molecular weight excluding hydrogens is 425 g/mol. The third-order valence-corrected chi connectivity index (χ3v) is 4.62. The molecule has 4 N–H and O–H groups in total. The number of esters is 1. The molecule has 0 radical (unpaired) electrons. The second-order valence-corrected chi connectivity index (χ2v) is 6.99. The van der Waals surface area contributed by atoms with Crippen molar-refractivity contribution in [2.24, 2.45) is 0 Å². The van der Waals surface area contributed by atoms with Gasteiger partial charge in [0.1, 0.15) is 17.1 Å². The third-order valence-electron chi connectivity index (χ3n) is 4.62. The lowest BCUT2D eigenvalue weighted by atomic mass is 10.1. The SMILES string of the molecule is Nc1cc(N)cc(C(=O)Oc2ccc3c(=O)cc(-c4ccc(C(F)(F)F)cc4)oc3c2)c1. The molecule has 162 valence electrons. The van der Waals surface area contributed by atoms with E-state index in [9.17, 15) is 22.8 Å². The largest absolute Gasteiger partial charge is 0.456 e. The lowest BCUT2D eigenvalue weighted by Crippen LogP contribution is -2.10. The monoisotopic (exact) mass is 440 g/mol. The number of halogens is 3. The molecule has 32 heavy (non-hydrogen) atoms. The van der Waals surface area contributed by atoms with Gasteiger partial charge in [-0.1, -0.05) is 12.1 Å². The Labute approximate surface area is 178 Å². The number of hydrogen-bond acceptors (Lipinski definition) is 6. The number of nitrogens with two attached hydrogens (primary N) is 2. The van der Waals surface area contributed by atoms with Crippen LogP contribution in [0.5, 0.6) is 5.75 Å². The van der Waals surface area contributed by atoms with Crippen molar-refractivity contribution in [3.05, 3.63) is 88.1 Å². The fraction of sp³-hybridized carbons (Fsp3) is 0.0435. The topological polar surface area (TPSA) is 109 Å². The highest BCUT2D eigenvalue weighted by Crippen LogP contribution is 2.31. The summed E-state index contributed by atoms with van der Waals surface area (Å²) < 4.78 is 49.4. The first-order valence-corrected chi connectivity index (χ1v) is 9.24. The lowest BCUT2D eigenvalue weighted by molar-refractivity contribution is -0.137. The second kappa shape index (κ2) is 7.77. The van der Waals surface area contributed by atoms with Crippen LogP contribution in [0.1, 0.15) is 15.9 Å². The number of ether oxygens (including phenoxy) is 1. The molecule has 0 bridgehead atoms. The molecule has 0 aliphatic heterocycles. The van der Waals surface area contributed by atoms with E-state index in [1.54, 1.807) is 0 Å². The molecule has 0 amide bonds. The molecule has 0 saturated carbocycles. The van der Waals surface area contributed by atoms with Gasteiger partial charge in [0.15, 0.2) is 5.43 Å². The maximum Gasteiger partial charge on any atom is 0.416 e. The summed E-state index contributed by atoms with van der Waals surface area (Å²) in [6, 6.07) is 13.9. The molecule has 0 unspecified atom stereocenters. The highest BCUT2D eigenvalue weighted by molar-refractivity contribution is 5.93. The number of benzene rings is 3. The van der Waals surface area contributed by atoms with Crippen LogP contribution in [-0.2, 0) is 6.18 Å². The van der Waals surface area contributed by atoms with Crippen molar-refractivity contribution >= 4 is 28.3 Å². The van der Waals surface area contributed by atoms with Crippen LogP contribution < -0.4 is 21.6 Å². The van der Waals surface area contributed by atoms with Gasteiger partial charge < -0.3 is 20.6 Å². The highest BCUT2D eigenvalue weighted by Gasteiger charge is 2.30. The van der Waals surface area contributed by atoms with Crippen molar-refractivity contribution in [2.75, 3.05) is 11.5 Å². The van der Waals surface area contributed by atoms with Crippen molar-refractivity contribution in [3.8, 4) is 17.1 Å². The summed E-state index contributed by atoms with van der Waals surface area (Å²) in [4.78, 5) is 24.9. The molecule has 0 saturated heterocycles. The van der Waals surface area contributed by atoms with E-state index in [1.807, 2.05) is 0 Å². The van der Waals surface area contributed by atoms with Crippen LogP contribution in [0.25, 0.3) is 22.3 Å². The van der Waals surface area contributed by atoms with Gasteiger partial charge in [-0.15, -0.1) is 0 Å². The Bertz CT molecular complexity index is 1370. The standard InChI is InChI=1S/C23H15F3N2O4/c24-23(25,26)14-3-1-12(2-4-14)20-11-19(29)18-6-5-17(10-21(18)32-20)31-22(30)13-7-15(27)9-16(28)8-13/h1-11H,27-28H2. The number of anilines is 2. The summed E-state index contributed by atoms with van der Waals surface area (Å²) >= 11 is 0. The predicted octanol–water partition coefficient (Wildman–Crippen LogP) is 4.86. The van der Waals surface area contributed by atoms with Crippen molar-refractivity contribution in [3.63, 3.8) is 0 Å². The predicted molar refractivity (Wildman–Crippen MR) is 113 cm³/mol. The molecule has 9 heteroatoms. The molecule has 0 aliphatic carbocycles. The molecule has 0 fully saturated rings. The quantitative estimate of drug-likeness (QED) is 0.268. The first-order chi connectivity index (χ1) is 15.1. The van der Waals surface area contributed by atoms with E-state index in [2.05, 4.69) is 0 Å². The molecule has 0 spiro atoms. The van der Waals surface area contributed by atoms with Gasteiger partial charge in [-0.25, -0.2) is 4.79 Å². The van der Waals surface area contributed by atoms with Crippen LogP contribution >= 0.6 is 0 Å². The smallest absolute Gasteiger partial charge is 0.416 e. The number of nitrogen functional groups attached to an aromatic ring is 2. The summed E-state index contributed by atoms with van der Waals surface area (Å²) in [5, 5.41) is 0.216. The Kier molecular flexibility index (Phi) is 5.09. The van der Waals surface area contributed by atoms with Gasteiger partial charge in [-0.05, 0) is 42.5 Å².